The number of aromatic hydroxyl groups is 1. The van der Waals surface area contributed by atoms with Gasteiger partial charge in [-0.2, -0.15) is 0 Å². The van der Waals surface area contributed by atoms with E-state index in [-0.39, 0.29) is 35.6 Å². The van der Waals surface area contributed by atoms with Gasteiger partial charge in [0.25, 0.3) is 11.8 Å². The molecule has 1 fully saturated rings. The Balaban J connectivity index is 1.53. The number of rotatable bonds is 10. The molecule has 0 bridgehead atoms. The minimum absolute atomic E-state index is 0.0223. The maximum atomic E-state index is 13.0. The zero-order valence-corrected chi connectivity index (χ0v) is 20.0. The Kier molecular flexibility index (Phi) is 7.46. The minimum Gasteiger partial charge on any atom is -0.508 e. The van der Waals surface area contributed by atoms with Crippen LogP contribution in [0.5, 0.6) is 5.75 Å². The van der Waals surface area contributed by atoms with Gasteiger partial charge in [0.2, 0.25) is 11.1 Å². The number of aliphatic hydroxyl groups is 1. The second-order valence-corrected chi connectivity index (χ2v) is 10.2. The topological polar surface area (TPSA) is 225 Å². The second kappa shape index (κ2) is 10.5. The van der Waals surface area contributed by atoms with Crippen LogP contribution in [0.3, 0.4) is 0 Å². The van der Waals surface area contributed by atoms with E-state index in [9.17, 15) is 34.5 Å². The summed E-state index contributed by atoms with van der Waals surface area (Å²) < 4.78 is 0. The Labute approximate surface area is 211 Å². The Morgan fingerprint density at radius 2 is 2.03 bits per heavy atom. The molecule has 190 valence electrons. The first-order valence-corrected chi connectivity index (χ1v) is 12.5. The summed E-state index contributed by atoms with van der Waals surface area (Å²) in [5, 5.41) is 44.5. The number of aromatic amines is 1. The molecule has 3 heterocycles. The summed E-state index contributed by atoms with van der Waals surface area (Å²) in [5.74, 6) is -3.22. The van der Waals surface area contributed by atoms with Gasteiger partial charge in [0, 0.05) is 17.4 Å². The Bertz CT molecular complexity index is 1210. The van der Waals surface area contributed by atoms with Crippen LogP contribution in [0.4, 0.5) is 0 Å². The van der Waals surface area contributed by atoms with Crippen molar-refractivity contribution in [3.63, 3.8) is 0 Å². The Hall–Kier alpha value is -3.63. The lowest BCUT2D eigenvalue weighted by molar-refractivity contribution is -0.151. The number of carbonyl (C=O) groups excluding carboxylic acids is 3. The van der Waals surface area contributed by atoms with Crippen LogP contribution in [0.2, 0.25) is 0 Å². The van der Waals surface area contributed by atoms with E-state index in [2.05, 4.69) is 25.9 Å². The molecule has 0 radical (unpaired) electrons. The number of carboxylic acids is 1. The number of nitrogens with zero attached hydrogens (tertiary/aromatic N) is 4. The van der Waals surface area contributed by atoms with Crippen LogP contribution in [0.15, 0.2) is 40.7 Å². The van der Waals surface area contributed by atoms with Crippen LogP contribution in [-0.4, -0.2) is 87.0 Å². The number of aliphatic carboxylic acids is 1. The molecule has 4 atom stereocenters. The highest BCUT2D eigenvalue weighted by Crippen LogP contribution is 2.44. The predicted octanol–water partition coefficient (Wildman–Crippen LogP) is -0.896. The van der Waals surface area contributed by atoms with Crippen molar-refractivity contribution in [3.8, 4) is 5.75 Å². The molecular weight excluding hydrogens is 514 g/mol. The van der Waals surface area contributed by atoms with Crippen molar-refractivity contribution >= 4 is 47.2 Å². The molecule has 2 aliphatic heterocycles. The fraction of sp³-hybridized carbons (Fsp3) is 0.350. The van der Waals surface area contributed by atoms with Crippen molar-refractivity contribution in [3.05, 3.63) is 41.1 Å². The van der Waals surface area contributed by atoms with Crippen LogP contribution in [0.1, 0.15) is 24.5 Å². The highest BCUT2D eigenvalue weighted by Gasteiger charge is 2.55. The molecule has 1 saturated heterocycles. The number of nitrogens with two attached hydrogens (primary N) is 1. The van der Waals surface area contributed by atoms with E-state index < -0.39 is 46.5 Å². The molecule has 3 amide bonds. The van der Waals surface area contributed by atoms with Crippen molar-refractivity contribution in [2.24, 2.45) is 5.73 Å². The highest BCUT2D eigenvalue weighted by atomic mass is 32.2. The van der Waals surface area contributed by atoms with E-state index in [1.165, 1.54) is 36.0 Å². The molecule has 36 heavy (non-hydrogen) atoms. The van der Waals surface area contributed by atoms with Crippen molar-refractivity contribution in [2.75, 3.05) is 5.75 Å². The number of carbonyl (C=O) groups is 4. The summed E-state index contributed by atoms with van der Waals surface area (Å²) in [6, 6.07) is 4.32. The zero-order valence-electron chi connectivity index (χ0n) is 18.4. The summed E-state index contributed by atoms with van der Waals surface area (Å²) in [4.78, 5) is 50.3. The molecule has 3 unspecified atom stereocenters. The number of β-lactam (4-membered cyclic amide) rings is 1. The Morgan fingerprint density at radius 3 is 2.64 bits per heavy atom. The highest BCUT2D eigenvalue weighted by molar-refractivity contribution is 8.01. The number of phenols is 1. The fourth-order valence-electron chi connectivity index (χ4n) is 3.84. The van der Waals surface area contributed by atoms with E-state index in [1.54, 1.807) is 0 Å². The summed E-state index contributed by atoms with van der Waals surface area (Å²) in [6.07, 6.45) is -1.42. The lowest BCUT2D eigenvalue weighted by Crippen LogP contribution is -2.71. The minimum atomic E-state index is -1.59. The number of hydrogen-bond donors (Lipinski definition) is 6. The largest absolute Gasteiger partial charge is 0.508 e. The van der Waals surface area contributed by atoms with Crippen LogP contribution in [0, 0.1) is 0 Å². The smallest absolute Gasteiger partial charge is 0.352 e. The number of aromatic nitrogens is 4. The summed E-state index contributed by atoms with van der Waals surface area (Å²) in [6.45, 7) is 0. The fourth-order valence-corrected chi connectivity index (χ4v) is 6.39. The van der Waals surface area contributed by atoms with E-state index >= 15 is 0 Å². The van der Waals surface area contributed by atoms with Crippen LogP contribution in [-0.2, 0) is 19.2 Å². The molecule has 7 N–H and O–H groups in total. The molecule has 14 nitrogen and oxygen atoms in total. The average Bonchev–Trinajstić information content (AvgIpc) is 3.37. The van der Waals surface area contributed by atoms with Gasteiger partial charge < -0.3 is 26.4 Å². The molecule has 1 aromatic heterocycles. The first kappa shape index (κ1) is 25.5. The van der Waals surface area contributed by atoms with Gasteiger partial charge in [0.05, 0.1) is 0 Å². The molecule has 0 spiro atoms. The third kappa shape index (κ3) is 5.14. The molecule has 16 heteroatoms. The van der Waals surface area contributed by atoms with Gasteiger partial charge in [-0.05, 0) is 40.1 Å². The van der Waals surface area contributed by atoms with Gasteiger partial charge >= 0.3 is 5.97 Å². The maximum Gasteiger partial charge on any atom is 0.352 e. The number of phenolic OH excluding ortho intramolecular Hbond substituents is 1. The molecule has 2 aromatic rings. The number of primary amides is 1. The standard InChI is InChI=1S/C20H21N7O7S2/c21-12(29)6-5-11(36-20-23-25-26-24-20)10-7-35-18-13(17(32)27(18)14(10)19(33)34)22-16(31)15(30)8-1-3-9(28)4-2-8/h1-4,11,13,15,18,28,30H,5-7H2,(H2,21,29)(H,22,31)(H,33,34)(H,23,24,25,26)/t11?,13?,15?,18-/m0/s1. The number of H-pyrrole nitrogens is 1. The maximum absolute atomic E-state index is 13.0. The number of fused-ring (bicyclic) bond motifs is 1. The number of hydrogen-bond acceptors (Lipinski definition) is 11. The van der Waals surface area contributed by atoms with E-state index in [4.69, 9.17) is 5.73 Å². The van der Waals surface area contributed by atoms with Crippen LogP contribution >= 0.6 is 23.5 Å². The van der Waals surface area contributed by atoms with Gasteiger partial charge in [0.15, 0.2) is 6.10 Å². The van der Waals surface area contributed by atoms with E-state index in [0.717, 1.165) is 16.7 Å². The molecule has 0 saturated carbocycles. The number of thioether (sulfide) groups is 2. The van der Waals surface area contributed by atoms with Crippen molar-refractivity contribution in [1.29, 1.82) is 0 Å². The lowest BCUT2D eigenvalue weighted by atomic mass is 9.99. The normalized spacial score (nSPS) is 20.8. The van der Waals surface area contributed by atoms with Gasteiger partial charge in [-0.25, -0.2) is 9.89 Å². The number of carboxylic acid groups (broad SMARTS) is 1. The van der Waals surface area contributed by atoms with Crippen molar-refractivity contribution in [2.45, 2.75) is 40.8 Å². The third-order valence-electron chi connectivity index (χ3n) is 5.58. The zero-order chi connectivity index (χ0) is 26.0. The number of nitrogens with one attached hydrogen (secondary N) is 2. The quantitative estimate of drug-likeness (QED) is 0.161. The number of amides is 3. The lowest BCUT2D eigenvalue weighted by Gasteiger charge is -2.50. The molecule has 2 aliphatic rings. The first-order valence-electron chi connectivity index (χ1n) is 10.5. The third-order valence-corrected chi connectivity index (χ3v) is 8.08. The van der Waals surface area contributed by atoms with E-state index in [0.29, 0.717) is 10.7 Å². The average molecular weight is 536 g/mol. The van der Waals surface area contributed by atoms with Gasteiger partial charge in [-0.3, -0.25) is 19.3 Å². The van der Waals surface area contributed by atoms with Crippen LogP contribution in [0.25, 0.3) is 0 Å². The molecular formula is C20H21N7O7S2. The first-order chi connectivity index (χ1) is 17.2. The van der Waals surface area contributed by atoms with Gasteiger partial charge in [0.1, 0.15) is 22.9 Å². The molecule has 1 aromatic carbocycles. The summed E-state index contributed by atoms with van der Waals surface area (Å²) in [5.41, 5.74) is 5.67. The molecule has 0 aliphatic carbocycles. The predicted molar refractivity (Wildman–Crippen MR) is 125 cm³/mol. The monoisotopic (exact) mass is 535 g/mol. The number of tetrazole rings is 1. The SMILES string of the molecule is NC(=O)CCC(Sc1nnn[nH]1)C1=C(C(=O)O)N2C(=O)C(NC(=O)C(O)c3ccc(O)cc3)[C@@H]2SC1. The summed E-state index contributed by atoms with van der Waals surface area (Å²) >= 11 is 2.36. The second-order valence-electron chi connectivity index (χ2n) is 7.89. The van der Waals surface area contributed by atoms with Crippen LogP contribution < -0.4 is 11.1 Å². The Morgan fingerprint density at radius 1 is 1.31 bits per heavy atom. The van der Waals surface area contributed by atoms with E-state index in [1.807, 2.05) is 0 Å². The van der Waals surface area contributed by atoms with Gasteiger partial charge in [-0.15, -0.1) is 16.9 Å². The molecule has 4 rings (SSSR count). The summed E-state index contributed by atoms with van der Waals surface area (Å²) in [7, 11) is 0. The number of aliphatic hydroxyl groups excluding tert-OH is 1. The van der Waals surface area contributed by atoms with Gasteiger partial charge in [-0.1, -0.05) is 23.9 Å². The van der Waals surface area contributed by atoms with Crippen molar-refractivity contribution in [1.82, 2.24) is 30.8 Å². The number of benzene rings is 1. The van der Waals surface area contributed by atoms with Crippen molar-refractivity contribution < 1.29 is 34.5 Å².